The molecule has 0 aliphatic rings. The average molecular weight is 422 g/mol. The minimum absolute atomic E-state index is 0.0526. The Kier molecular flexibility index (Phi) is 7.59. The fourth-order valence-electron chi connectivity index (χ4n) is 2.38. The van der Waals surface area contributed by atoms with Gasteiger partial charge in [0, 0.05) is 37.6 Å². The Balaban J connectivity index is 1.68. The second kappa shape index (κ2) is 9.91. The number of rotatable bonds is 7. The van der Waals surface area contributed by atoms with Crippen molar-refractivity contribution in [2.24, 2.45) is 0 Å². The van der Waals surface area contributed by atoms with Crippen molar-refractivity contribution in [2.45, 2.75) is 19.5 Å². The first-order chi connectivity index (χ1) is 12.4. The van der Waals surface area contributed by atoms with E-state index in [0.29, 0.717) is 16.6 Å². The summed E-state index contributed by atoms with van der Waals surface area (Å²) < 4.78 is 13.9. The second-order valence-corrected chi connectivity index (χ2v) is 6.79. The quantitative estimate of drug-likeness (QED) is 0.719. The van der Waals surface area contributed by atoms with Crippen LogP contribution in [0.25, 0.3) is 0 Å². The van der Waals surface area contributed by atoms with Crippen molar-refractivity contribution in [2.75, 3.05) is 13.6 Å². The van der Waals surface area contributed by atoms with Gasteiger partial charge < -0.3 is 15.5 Å². The molecule has 138 valence electrons. The molecule has 0 aliphatic carbocycles. The van der Waals surface area contributed by atoms with Crippen molar-refractivity contribution in [1.82, 2.24) is 15.5 Å². The van der Waals surface area contributed by atoms with Crippen LogP contribution in [-0.4, -0.2) is 30.4 Å². The molecule has 0 aliphatic heterocycles. The minimum Gasteiger partial charge on any atom is -0.341 e. The lowest BCUT2D eigenvalue weighted by atomic mass is 10.2. The second-order valence-electron chi connectivity index (χ2n) is 5.87. The van der Waals surface area contributed by atoms with Gasteiger partial charge >= 0.3 is 6.03 Å². The molecule has 0 bridgehead atoms. The van der Waals surface area contributed by atoms with Gasteiger partial charge in [0.1, 0.15) is 5.82 Å². The normalized spacial score (nSPS) is 10.3. The molecule has 5 nitrogen and oxygen atoms in total. The first-order valence-electron chi connectivity index (χ1n) is 8.18. The molecule has 0 radical (unpaired) electrons. The molecule has 2 aromatic rings. The van der Waals surface area contributed by atoms with Gasteiger partial charge in [-0.3, -0.25) is 4.79 Å². The Hall–Kier alpha value is -2.41. The van der Waals surface area contributed by atoms with Crippen LogP contribution in [0.4, 0.5) is 9.18 Å². The van der Waals surface area contributed by atoms with Crippen molar-refractivity contribution >= 4 is 27.9 Å². The standard InChI is InChI=1S/C19H21BrFN3O2/c1-24(13-14-5-3-2-4-6-14)18(25)7-8-22-19(26)23-12-15-9-16(20)11-17(21)10-15/h2-6,9-11H,7-8,12-13H2,1H3,(H2,22,23,26). The summed E-state index contributed by atoms with van der Waals surface area (Å²) in [5.74, 6) is -0.424. The maximum atomic E-state index is 13.3. The largest absolute Gasteiger partial charge is 0.341 e. The van der Waals surface area contributed by atoms with Gasteiger partial charge in [0.2, 0.25) is 5.91 Å². The molecule has 0 saturated carbocycles. The number of nitrogens with one attached hydrogen (secondary N) is 2. The maximum absolute atomic E-state index is 13.3. The molecule has 0 saturated heterocycles. The van der Waals surface area contributed by atoms with E-state index in [4.69, 9.17) is 0 Å². The lowest BCUT2D eigenvalue weighted by molar-refractivity contribution is -0.130. The van der Waals surface area contributed by atoms with Gasteiger partial charge in [-0.05, 0) is 29.3 Å². The highest BCUT2D eigenvalue weighted by atomic mass is 79.9. The van der Waals surface area contributed by atoms with Crippen LogP contribution < -0.4 is 10.6 Å². The minimum atomic E-state index is -0.399. The summed E-state index contributed by atoms with van der Waals surface area (Å²) in [7, 11) is 1.73. The number of hydrogen-bond acceptors (Lipinski definition) is 2. The zero-order valence-electron chi connectivity index (χ0n) is 14.5. The smallest absolute Gasteiger partial charge is 0.315 e. The molecule has 0 unspecified atom stereocenters. The number of amides is 3. The summed E-state index contributed by atoms with van der Waals surface area (Å²) in [6.45, 7) is 0.959. The number of nitrogens with zero attached hydrogens (tertiary/aromatic N) is 1. The van der Waals surface area contributed by atoms with Gasteiger partial charge in [-0.15, -0.1) is 0 Å². The first kappa shape index (κ1) is 19.9. The van der Waals surface area contributed by atoms with Gasteiger partial charge in [0.05, 0.1) is 0 Å². The van der Waals surface area contributed by atoms with Crippen LogP contribution in [-0.2, 0) is 17.9 Å². The van der Waals surface area contributed by atoms with E-state index in [9.17, 15) is 14.0 Å². The molecule has 2 rings (SSSR count). The third-order valence-corrected chi connectivity index (χ3v) is 4.15. The van der Waals surface area contributed by atoms with E-state index in [1.54, 1.807) is 18.0 Å². The Labute approximate surface area is 160 Å². The fourth-order valence-corrected chi connectivity index (χ4v) is 2.89. The summed E-state index contributed by atoms with van der Waals surface area (Å²) in [6.07, 6.45) is 0.211. The maximum Gasteiger partial charge on any atom is 0.315 e. The summed E-state index contributed by atoms with van der Waals surface area (Å²) in [5, 5.41) is 5.26. The number of benzene rings is 2. The average Bonchev–Trinajstić information content (AvgIpc) is 2.60. The molecule has 0 atom stereocenters. The van der Waals surface area contributed by atoms with E-state index in [0.717, 1.165) is 5.56 Å². The van der Waals surface area contributed by atoms with Crippen molar-refractivity contribution < 1.29 is 14.0 Å². The van der Waals surface area contributed by atoms with Crippen molar-refractivity contribution in [3.05, 3.63) is 69.9 Å². The number of carbonyl (C=O) groups excluding carboxylic acids is 2. The lowest BCUT2D eigenvalue weighted by Crippen LogP contribution is -2.37. The molecule has 2 N–H and O–H groups in total. The van der Waals surface area contributed by atoms with E-state index in [-0.39, 0.29) is 31.2 Å². The molecule has 0 aromatic heterocycles. The van der Waals surface area contributed by atoms with Crippen LogP contribution >= 0.6 is 15.9 Å². The summed E-state index contributed by atoms with van der Waals surface area (Å²) in [5.41, 5.74) is 1.70. The molecule has 7 heteroatoms. The summed E-state index contributed by atoms with van der Waals surface area (Å²) in [6, 6.07) is 13.7. The van der Waals surface area contributed by atoms with Crippen molar-refractivity contribution in [3.8, 4) is 0 Å². The monoisotopic (exact) mass is 421 g/mol. The van der Waals surface area contributed by atoms with Crippen LogP contribution in [0.3, 0.4) is 0 Å². The van der Waals surface area contributed by atoms with Crippen molar-refractivity contribution in [3.63, 3.8) is 0 Å². The van der Waals surface area contributed by atoms with Crippen LogP contribution in [0, 0.1) is 5.82 Å². The van der Waals surface area contributed by atoms with E-state index in [1.807, 2.05) is 30.3 Å². The molecule has 0 heterocycles. The molecule has 3 amide bonds. The Morgan fingerprint density at radius 3 is 2.50 bits per heavy atom. The Morgan fingerprint density at radius 2 is 1.81 bits per heavy atom. The number of hydrogen-bond donors (Lipinski definition) is 2. The van der Waals surface area contributed by atoms with Gasteiger partial charge in [-0.2, -0.15) is 0 Å². The number of carbonyl (C=O) groups is 2. The highest BCUT2D eigenvalue weighted by molar-refractivity contribution is 9.10. The van der Waals surface area contributed by atoms with Crippen LogP contribution in [0.5, 0.6) is 0 Å². The molecule has 0 spiro atoms. The first-order valence-corrected chi connectivity index (χ1v) is 8.98. The number of urea groups is 1. The number of halogens is 2. The van der Waals surface area contributed by atoms with Gasteiger partial charge in [-0.25, -0.2) is 9.18 Å². The SMILES string of the molecule is CN(Cc1ccccc1)C(=O)CCNC(=O)NCc1cc(F)cc(Br)c1. The lowest BCUT2D eigenvalue weighted by Gasteiger charge is -2.17. The Bertz CT molecular complexity index is 735. The Morgan fingerprint density at radius 1 is 1.08 bits per heavy atom. The summed E-state index contributed by atoms with van der Waals surface area (Å²) >= 11 is 3.20. The molecule has 26 heavy (non-hydrogen) atoms. The molecule has 0 fully saturated rings. The molecular formula is C19H21BrFN3O2. The van der Waals surface area contributed by atoms with Crippen molar-refractivity contribution in [1.29, 1.82) is 0 Å². The summed E-state index contributed by atoms with van der Waals surface area (Å²) in [4.78, 5) is 25.5. The van der Waals surface area contributed by atoms with Crippen LogP contribution in [0.1, 0.15) is 17.5 Å². The van der Waals surface area contributed by atoms with E-state index < -0.39 is 6.03 Å². The van der Waals surface area contributed by atoms with Crippen LogP contribution in [0.15, 0.2) is 53.0 Å². The predicted molar refractivity (Wildman–Crippen MR) is 102 cm³/mol. The zero-order valence-corrected chi connectivity index (χ0v) is 16.1. The fraction of sp³-hybridized carbons (Fsp3) is 0.263. The van der Waals surface area contributed by atoms with E-state index >= 15 is 0 Å². The molecular weight excluding hydrogens is 401 g/mol. The third kappa shape index (κ3) is 6.84. The van der Waals surface area contributed by atoms with Gasteiger partial charge in [0.25, 0.3) is 0 Å². The van der Waals surface area contributed by atoms with E-state index in [2.05, 4.69) is 26.6 Å². The van der Waals surface area contributed by atoms with Crippen LogP contribution in [0.2, 0.25) is 0 Å². The van der Waals surface area contributed by atoms with Gasteiger partial charge in [-0.1, -0.05) is 46.3 Å². The predicted octanol–water partition coefficient (Wildman–Crippen LogP) is 3.44. The highest BCUT2D eigenvalue weighted by Gasteiger charge is 2.10. The highest BCUT2D eigenvalue weighted by Crippen LogP contribution is 2.14. The topological polar surface area (TPSA) is 61.4 Å². The zero-order chi connectivity index (χ0) is 18.9. The van der Waals surface area contributed by atoms with Gasteiger partial charge in [0.15, 0.2) is 0 Å². The van der Waals surface area contributed by atoms with E-state index in [1.165, 1.54) is 12.1 Å². The third-order valence-electron chi connectivity index (χ3n) is 3.69. The molecule has 2 aromatic carbocycles.